The molecule has 1 unspecified atom stereocenters. The van der Waals surface area contributed by atoms with E-state index in [9.17, 15) is 9.59 Å². The maximum absolute atomic E-state index is 11.7. The third kappa shape index (κ3) is 6.52. The zero-order chi connectivity index (χ0) is 15.9. The molecule has 0 saturated carbocycles. The van der Waals surface area contributed by atoms with E-state index in [4.69, 9.17) is 9.84 Å². The van der Waals surface area contributed by atoms with Crippen LogP contribution in [0.4, 0.5) is 0 Å². The molecule has 0 aliphatic heterocycles. The Morgan fingerprint density at radius 1 is 1.20 bits per heavy atom. The van der Waals surface area contributed by atoms with Crippen molar-refractivity contribution in [2.24, 2.45) is 0 Å². The predicted molar refractivity (Wildman–Crippen MR) is 78.2 cm³/mol. The fraction of sp³-hybridized carbons (Fsp3) is 0.600. The molecule has 0 aromatic heterocycles. The number of carboxylic acid groups (broad SMARTS) is 1. The number of rotatable bonds is 7. The summed E-state index contributed by atoms with van der Waals surface area (Å²) in [6, 6.07) is -0.204. The number of allylic oxidation sites excluding steroid dienone is 1. The number of nitrogens with zero attached hydrogens (tertiary/aromatic N) is 1. The number of ether oxygens (including phenoxy) is 1. The summed E-state index contributed by atoms with van der Waals surface area (Å²) in [6.07, 6.45) is 4.22. The largest absolute Gasteiger partial charge is 0.478 e. The molecule has 0 aliphatic rings. The molecule has 5 heteroatoms. The van der Waals surface area contributed by atoms with Gasteiger partial charge in [0.1, 0.15) is 12.6 Å². The van der Waals surface area contributed by atoms with Gasteiger partial charge in [-0.15, -0.1) is 0 Å². The van der Waals surface area contributed by atoms with Gasteiger partial charge in [-0.25, -0.2) is 9.59 Å². The lowest BCUT2D eigenvalue weighted by Gasteiger charge is -2.32. The van der Waals surface area contributed by atoms with Gasteiger partial charge in [-0.05, 0) is 26.3 Å². The first-order valence-electron chi connectivity index (χ1n) is 6.66. The van der Waals surface area contributed by atoms with Crippen molar-refractivity contribution in [2.45, 2.75) is 33.2 Å². The van der Waals surface area contributed by atoms with E-state index in [0.717, 1.165) is 6.42 Å². The van der Waals surface area contributed by atoms with Crippen LogP contribution in [0, 0.1) is 0 Å². The number of likely N-dealkylation sites (N-methyl/N-ethyl adjacent to an activating group) is 1. The van der Waals surface area contributed by atoms with Gasteiger partial charge in [-0.3, -0.25) is 0 Å². The highest BCUT2D eigenvalue weighted by atomic mass is 16.5. The number of esters is 1. The minimum atomic E-state index is -0.961. The summed E-state index contributed by atoms with van der Waals surface area (Å²) in [6.45, 7) is 5.35. The molecule has 0 bridgehead atoms. The monoisotopic (exact) mass is 284 g/mol. The van der Waals surface area contributed by atoms with Crippen molar-refractivity contribution in [3.63, 3.8) is 0 Å². The molecule has 20 heavy (non-hydrogen) atoms. The van der Waals surface area contributed by atoms with Crippen molar-refractivity contribution in [1.29, 1.82) is 0 Å². The Morgan fingerprint density at radius 3 is 2.15 bits per heavy atom. The molecule has 0 rings (SSSR count). The molecule has 0 aromatic rings. The normalized spacial score (nSPS) is 14.9. The van der Waals surface area contributed by atoms with Gasteiger partial charge in [0.2, 0.25) is 0 Å². The van der Waals surface area contributed by atoms with E-state index in [2.05, 4.69) is 0 Å². The standard InChI is InChI=1S/C15H25NO4/c1-7-8-11(2)15(19)20-10-13(16(4,5)6)9-12(3)14(17)18/h8-9,13H,7,10H2,1-6H3/p+1. The molecule has 0 radical (unpaired) electrons. The first-order chi connectivity index (χ1) is 9.09. The lowest BCUT2D eigenvalue weighted by atomic mass is 10.1. The van der Waals surface area contributed by atoms with Crippen LogP contribution < -0.4 is 0 Å². The van der Waals surface area contributed by atoms with E-state index in [1.54, 1.807) is 13.0 Å². The van der Waals surface area contributed by atoms with Gasteiger partial charge < -0.3 is 14.3 Å². The summed E-state index contributed by atoms with van der Waals surface area (Å²) in [7, 11) is 5.79. The van der Waals surface area contributed by atoms with E-state index in [1.165, 1.54) is 6.92 Å². The number of aliphatic carboxylic acids is 1. The Morgan fingerprint density at radius 2 is 1.75 bits per heavy atom. The molecule has 0 aromatic carbocycles. The minimum Gasteiger partial charge on any atom is -0.478 e. The molecule has 1 atom stereocenters. The Kier molecular flexibility index (Phi) is 7.21. The highest BCUT2D eigenvalue weighted by Gasteiger charge is 2.24. The Labute approximate surface area is 121 Å². The van der Waals surface area contributed by atoms with Crippen molar-refractivity contribution >= 4 is 11.9 Å². The average molecular weight is 284 g/mol. The van der Waals surface area contributed by atoms with E-state index in [-0.39, 0.29) is 24.2 Å². The summed E-state index contributed by atoms with van der Waals surface area (Å²) in [4.78, 5) is 22.7. The quantitative estimate of drug-likeness (QED) is 0.441. The number of hydrogen-bond donors (Lipinski definition) is 1. The molecular weight excluding hydrogens is 258 g/mol. The van der Waals surface area contributed by atoms with Crippen molar-refractivity contribution in [1.82, 2.24) is 0 Å². The summed E-state index contributed by atoms with van der Waals surface area (Å²) in [5.41, 5.74) is 0.825. The maximum Gasteiger partial charge on any atom is 0.333 e. The molecule has 1 N–H and O–H groups in total. The lowest BCUT2D eigenvalue weighted by Crippen LogP contribution is -2.47. The van der Waals surface area contributed by atoms with Gasteiger partial charge in [0.15, 0.2) is 0 Å². The van der Waals surface area contributed by atoms with Crippen LogP contribution in [0.15, 0.2) is 23.3 Å². The van der Waals surface area contributed by atoms with Gasteiger partial charge in [-0.1, -0.05) is 13.0 Å². The SMILES string of the molecule is CCC=C(C)C(=O)OCC(C=C(C)C(=O)O)[N+](C)(C)C. The second-order valence-corrected chi connectivity index (χ2v) is 5.73. The summed E-state index contributed by atoms with van der Waals surface area (Å²) >= 11 is 0. The number of carbonyl (C=O) groups excluding carboxylic acids is 1. The topological polar surface area (TPSA) is 63.6 Å². The van der Waals surface area contributed by atoms with E-state index < -0.39 is 5.97 Å². The van der Waals surface area contributed by atoms with Crippen LogP contribution >= 0.6 is 0 Å². The molecule has 0 fully saturated rings. The van der Waals surface area contributed by atoms with Crippen LogP contribution in [0.5, 0.6) is 0 Å². The fourth-order valence-corrected chi connectivity index (χ4v) is 1.52. The van der Waals surface area contributed by atoms with Gasteiger partial charge in [0.25, 0.3) is 0 Å². The number of carbonyl (C=O) groups is 2. The zero-order valence-corrected chi connectivity index (χ0v) is 13.3. The Hall–Kier alpha value is -1.62. The second kappa shape index (κ2) is 7.85. The highest BCUT2D eigenvalue weighted by molar-refractivity contribution is 5.87. The van der Waals surface area contributed by atoms with Crippen LogP contribution in [0.25, 0.3) is 0 Å². The molecule has 114 valence electrons. The summed E-state index contributed by atoms with van der Waals surface area (Å²) < 4.78 is 5.75. The average Bonchev–Trinajstić information content (AvgIpc) is 2.32. The predicted octanol–water partition coefficient (Wildman–Crippen LogP) is 1.99. The molecule has 0 aliphatic carbocycles. The highest BCUT2D eigenvalue weighted by Crippen LogP contribution is 2.10. The van der Waals surface area contributed by atoms with Crippen LogP contribution in [0.1, 0.15) is 27.2 Å². The molecule has 0 saturated heterocycles. The van der Waals surface area contributed by atoms with Crippen molar-refractivity contribution in [3.8, 4) is 0 Å². The Balaban J connectivity index is 4.88. The first-order valence-corrected chi connectivity index (χ1v) is 6.66. The van der Waals surface area contributed by atoms with Gasteiger partial charge in [-0.2, -0.15) is 0 Å². The van der Waals surface area contributed by atoms with Gasteiger partial charge >= 0.3 is 11.9 Å². The lowest BCUT2D eigenvalue weighted by molar-refractivity contribution is -0.889. The van der Waals surface area contributed by atoms with Crippen molar-refractivity contribution in [2.75, 3.05) is 27.7 Å². The summed E-state index contributed by atoms with van der Waals surface area (Å²) in [5, 5.41) is 8.94. The van der Waals surface area contributed by atoms with Crippen LogP contribution in [-0.2, 0) is 14.3 Å². The van der Waals surface area contributed by atoms with Crippen LogP contribution in [0.2, 0.25) is 0 Å². The second-order valence-electron chi connectivity index (χ2n) is 5.73. The van der Waals surface area contributed by atoms with Crippen LogP contribution in [0.3, 0.4) is 0 Å². The molecule has 5 nitrogen and oxygen atoms in total. The molecule has 0 spiro atoms. The van der Waals surface area contributed by atoms with Crippen molar-refractivity contribution in [3.05, 3.63) is 23.3 Å². The fourth-order valence-electron chi connectivity index (χ4n) is 1.52. The van der Waals surface area contributed by atoms with Gasteiger partial charge in [0.05, 0.1) is 21.1 Å². The number of quaternary nitrogens is 1. The number of carboxylic acids is 1. The van der Waals surface area contributed by atoms with Gasteiger partial charge in [0, 0.05) is 11.1 Å². The van der Waals surface area contributed by atoms with Crippen LogP contribution in [-0.4, -0.2) is 55.3 Å². The van der Waals surface area contributed by atoms with Crippen molar-refractivity contribution < 1.29 is 23.9 Å². The van der Waals surface area contributed by atoms with E-state index in [0.29, 0.717) is 10.1 Å². The zero-order valence-electron chi connectivity index (χ0n) is 13.3. The van der Waals surface area contributed by atoms with E-state index >= 15 is 0 Å². The van der Waals surface area contributed by atoms with E-state index in [1.807, 2.05) is 34.1 Å². The molecule has 0 amide bonds. The molecular formula is C15H26NO4+. The maximum atomic E-state index is 11.7. The third-order valence-corrected chi connectivity index (χ3v) is 2.99. The summed E-state index contributed by atoms with van der Waals surface area (Å²) in [5.74, 6) is -1.32. The minimum absolute atomic E-state index is 0.155. The third-order valence-electron chi connectivity index (χ3n) is 2.99. The Bertz CT molecular complexity index is 416. The number of hydrogen-bond acceptors (Lipinski definition) is 3. The molecule has 0 heterocycles. The first kappa shape index (κ1) is 18.4. The smallest absolute Gasteiger partial charge is 0.333 e.